The van der Waals surface area contributed by atoms with Gasteiger partial charge in [0.05, 0.1) is 0 Å². The topological polar surface area (TPSA) is 57.6 Å². The fourth-order valence-corrected chi connectivity index (χ4v) is 2.07. The number of rotatable bonds is 1. The van der Waals surface area contributed by atoms with Crippen LogP contribution in [-0.4, -0.2) is 35.0 Å². The normalized spacial score (nSPS) is 19.8. The number of amides is 1. The van der Waals surface area contributed by atoms with E-state index in [-0.39, 0.29) is 5.56 Å². The van der Waals surface area contributed by atoms with Crippen LogP contribution in [0.3, 0.4) is 0 Å². The molecular formula is C12H12FNO3. The Hall–Kier alpha value is -1.91. The van der Waals surface area contributed by atoms with Crippen molar-refractivity contribution in [2.75, 3.05) is 7.05 Å². The van der Waals surface area contributed by atoms with Gasteiger partial charge in [-0.15, -0.1) is 0 Å². The summed E-state index contributed by atoms with van der Waals surface area (Å²) in [6.45, 7) is 0. The zero-order valence-electron chi connectivity index (χ0n) is 9.31. The van der Waals surface area contributed by atoms with Gasteiger partial charge in [-0.1, -0.05) is 6.07 Å². The number of carbonyl (C=O) groups is 2. The minimum atomic E-state index is -1.03. The predicted octanol–water partition coefficient (Wildman–Crippen LogP) is 1.30. The third-order valence-corrected chi connectivity index (χ3v) is 3.06. The Morgan fingerprint density at radius 2 is 2.24 bits per heavy atom. The van der Waals surface area contributed by atoms with Crippen molar-refractivity contribution in [2.24, 2.45) is 0 Å². The van der Waals surface area contributed by atoms with Crippen molar-refractivity contribution in [1.82, 2.24) is 4.90 Å². The molecule has 1 atom stereocenters. The van der Waals surface area contributed by atoms with Gasteiger partial charge in [-0.05, 0) is 30.5 Å². The number of carboxylic acid groups (broad SMARTS) is 1. The number of carbonyl (C=O) groups excluding carboxylic acids is 1. The molecule has 17 heavy (non-hydrogen) atoms. The lowest BCUT2D eigenvalue weighted by atomic mass is 10.0. The second kappa shape index (κ2) is 4.16. The maximum absolute atomic E-state index is 13.1. The molecule has 0 saturated heterocycles. The van der Waals surface area contributed by atoms with Gasteiger partial charge in [0.25, 0.3) is 5.91 Å². The van der Waals surface area contributed by atoms with Crippen molar-refractivity contribution in [2.45, 2.75) is 18.9 Å². The highest BCUT2D eigenvalue weighted by molar-refractivity contribution is 5.98. The average molecular weight is 237 g/mol. The fraction of sp³-hybridized carbons (Fsp3) is 0.333. The van der Waals surface area contributed by atoms with Gasteiger partial charge in [-0.25, -0.2) is 9.18 Å². The molecule has 1 aliphatic heterocycles. The number of carboxylic acids is 1. The number of halogens is 1. The lowest BCUT2D eigenvalue weighted by Crippen LogP contribution is -2.41. The molecule has 0 fully saturated rings. The molecule has 0 spiro atoms. The Kier molecular flexibility index (Phi) is 2.83. The van der Waals surface area contributed by atoms with Crippen molar-refractivity contribution in [3.8, 4) is 0 Å². The Morgan fingerprint density at radius 3 is 2.88 bits per heavy atom. The molecule has 4 nitrogen and oxygen atoms in total. The van der Waals surface area contributed by atoms with Crippen LogP contribution < -0.4 is 0 Å². The molecular weight excluding hydrogens is 225 g/mol. The first-order chi connectivity index (χ1) is 8.00. The first kappa shape index (κ1) is 11.6. The standard InChI is InChI=1S/C12H12FNO3/c1-14-10(12(16)17)5-3-7-2-4-8(13)6-9(7)11(14)15/h2,4,6,10H,3,5H2,1H3,(H,16,17). The summed E-state index contributed by atoms with van der Waals surface area (Å²) in [5, 5.41) is 9.02. The molecule has 1 heterocycles. The van der Waals surface area contributed by atoms with Crippen LogP contribution in [0, 0.1) is 5.82 Å². The van der Waals surface area contributed by atoms with Gasteiger partial charge in [0.2, 0.25) is 0 Å². The highest BCUT2D eigenvalue weighted by Crippen LogP contribution is 2.22. The summed E-state index contributed by atoms with van der Waals surface area (Å²) in [5.74, 6) is -1.96. The van der Waals surface area contributed by atoms with Gasteiger partial charge in [-0.2, -0.15) is 0 Å². The Balaban J connectivity index is 2.44. The number of likely N-dealkylation sites (N-methyl/N-ethyl adjacent to an activating group) is 1. The summed E-state index contributed by atoms with van der Waals surface area (Å²) in [7, 11) is 1.43. The van der Waals surface area contributed by atoms with E-state index in [1.54, 1.807) is 6.07 Å². The summed E-state index contributed by atoms with van der Waals surface area (Å²) in [5.41, 5.74) is 0.961. The van der Waals surface area contributed by atoms with Gasteiger partial charge in [0, 0.05) is 12.6 Å². The number of benzene rings is 1. The molecule has 2 rings (SSSR count). The van der Waals surface area contributed by atoms with Crippen LogP contribution >= 0.6 is 0 Å². The van der Waals surface area contributed by atoms with E-state index in [4.69, 9.17) is 5.11 Å². The van der Waals surface area contributed by atoms with Crippen molar-refractivity contribution in [3.05, 3.63) is 35.1 Å². The van der Waals surface area contributed by atoms with E-state index in [1.807, 2.05) is 0 Å². The van der Waals surface area contributed by atoms with E-state index in [1.165, 1.54) is 19.2 Å². The number of nitrogens with zero attached hydrogens (tertiary/aromatic N) is 1. The Labute approximate surface area is 97.7 Å². The van der Waals surface area contributed by atoms with Crippen molar-refractivity contribution >= 4 is 11.9 Å². The molecule has 0 saturated carbocycles. The summed E-state index contributed by atoms with van der Waals surface area (Å²) >= 11 is 0. The van der Waals surface area contributed by atoms with Crippen LogP contribution in [0.4, 0.5) is 4.39 Å². The lowest BCUT2D eigenvalue weighted by molar-refractivity contribution is -0.142. The predicted molar refractivity (Wildman–Crippen MR) is 58.2 cm³/mol. The number of aryl methyl sites for hydroxylation is 1. The first-order valence-corrected chi connectivity index (χ1v) is 5.29. The molecule has 90 valence electrons. The van der Waals surface area contributed by atoms with Crippen LogP contribution in [0.25, 0.3) is 0 Å². The van der Waals surface area contributed by atoms with E-state index < -0.39 is 23.7 Å². The first-order valence-electron chi connectivity index (χ1n) is 5.29. The Bertz CT molecular complexity index is 487. The smallest absolute Gasteiger partial charge is 0.326 e. The third kappa shape index (κ3) is 2.00. The number of fused-ring (bicyclic) bond motifs is 1. The molecule has 0 aliphatic carbocycles. The Morgan fingerprint density at radius 1 is 1.53 bits per heavy atom. The highest BCUT2D eigenvalue weighted by atomic mass is 19.1. The van der Waals surface area contributed by atoms with Crippen LogP contribution in [-0.2, 0) is 11.2 Å². The summed E-state index contributed by atoms with van der Waals surface area (Å²) in [6, 6.07) is 3.14. The molecule has 1 amide bonds. The second-order valence-corrected chi connectivity index (χ2v) is 4.11. The summed E-state index contributed by atoms with van der Waals surface area (Å²) in [4.78, 5) is 24.2. The fourth-order valence-electron chi connectivity index (χ4n) is 2.07. The van der Waals surface area contributed by atoms with Crippen LogP contribution in [0.15, 0.2) is 18.2 Å². The van der Waals surface area contributed by atoms with Crippen molar-refractivity contribution in [3.63, 3.8) is 0 Å². The number of aliphatic carboxylic acids is 1. The largest absolute Gasteiger partial charge is 0.480 e. The number of hydrogen-bond acceptors (Lipinski definition) is 2. The lowest BCUT2D eigenvalue weighted by Gasteiger charge is -2.22. The molecule has 5 heteroatoms. The molecule has 1 aromatic carbocycles. The van der Waals surface area contributed by atoms with Gasteiger partial charge < -0.3 is 10.0 Å². The summed E-state index contributed by atoms with van der Waals surface area (Å²) < 4.78 is 13.1. The quantitative estimate of drug-likeness (QED) is 0.800. The van der Waals surface area contributed by atoms with Gasteiger partial charge in [-0.3, -0.25) is 4.79 Å². The van der Waals surface area contributed by atoms with E-state index in [0.29, 0.717) is 18.4 Å². The zero-order valence-corrected chi connectivity index (χ0v) is 9.31. The van der Waals surface area contributed by atoms with Crippen molar-refractivity contribution < 1.29 is 19.1 Å². The molecule has 1 aliphatic rings. The molecule has 1 N–H and O–H groups in total. The molecule has 0 bridgehead atoms. The maximum atomic E-state index is 13.1. The minimum absolute atomic E-state index is 0.260. The highest BCUT2D eigenvalue weighted by Gasteiger charge is 2.31. The molecule has 1 unspecified atom stereocenters. The number of hydrogen-bond donors (Lipinski definition) is 1. The van der Waals surface area contributed by atoms with E-state index in [2.05, 4.69) is 0 Å². The van der Waals surface area contributed by atoms with Crippen LogP contribution in [0.1, 0.15) is 22.3 Å². The molecule has 1 aromatic rings. The van der Waals surface area contributed by atoms with Crippen molar-refractivity contribution in [1.29, 1.82) is 0 Å². The van der Waals surface area contributed by atoms with E-state index in [0.717, 1.165) is 4.90 Å². The summed E-state index contributed by atoms with van der Waals surface area (Å²) in [6.07, 6.45) is 0.804. The average Bonchev–Trinajstić information content (AvgIpc) is 2.39. The second-order valence-electron chi connectivity index (χ2n) is 4.11. The maximum Gasteiger partial charge on any atom is 0.326 e. The zero-order chi connectivity index (χ0) is 12.6. The monoisotopic (exact) mass is 237 g/mol. The van der Waals surface area contributed by atoms with Crippen LogP contribution in [0.2, 0.25) is 0 Å². The van der Waals surface area contributed by atoms with Crippen LogP contribution in [0.5, 0.6) is 0 Å². The SMILES string of the molecule is CN1C(=O)c2cc(F)ccc2CCC1C(=O)O. The third-order valence-electron chi connectivity index (χ3n) is 3.06. The van der Waals surface area contributed by atoms with Gasteiger partial charge >= 0.3 is 5.97 Å². The molecule has 0 radical (unpaired) electrons. The van der Waals surface area contributed by atoms with E-state index >= 15 is 0 Å². The molecule has 0 aromatic heterocycles. The van der Waals surface area contributed by atoms with Gasteiger partial charge in [0.15, 0.2) is 0 Å². The van der Waals surface area contributed by atoms with E-state index in [9.17, 15) is 14.0 Å². The van der Waals surface area contributed by atoms with Gasteiger partial charge in [0.1, 0.15) is 11.9 Å². The minimum Gasteiger partial charge on any atom is -0.480 e.